The number of aliphatic carboxylic acids is 1. The fraction of sp³-hybridized carbons (Fsp3) is 0.379. The van der Waals surface area contributed by atoms with E-state index in [0.29, 0.717) is 25.8 Å². The average Bonchev–Trinajstić information content (AvgIpc) is 3.59. The summed E-state index contributed by atoms with van der Waals surface area (Å²) in [5.74, 6) is -2.19. The summed E-state index contributed by atoms with van der Waals surface area (Å²) in [6, 6.07) is 15.9. The minimum atomic E-state index is -1.04. The van der Waals surface area contributed by atoms with E-state index in [9.17, 15) is 24.3 Å². The van der Waals surface area contributed by atoms with Gasteiger partial charge in [0.05, 0.1) is 0 Å². The third kappa shape index (κ3) is 6.66. The highest BCUT2D eigenvalue weighted by Crippen LogP contribution is 2.23. The fourth-order valence-corrected chi connectivity index (χ4v) is 5.15. The standard InChI is InChI=1S/C29H34N4O5/c30-22(17-20-9-3-1-4-10-20)19-26(34)31-23(18-21-11-5-2-6-12-21)27(35)32-15-7-13-24(32)28(36)33-16-8-14-25(33)29(37)38/h1-7,9-13,22-25H,8,14-19,30H2,(H,31,34)(H,37,38)/t22-,23-,24-,25-/m0/s1. The number of hydrogen-bond donors (Lipinski definition) is 3. The number of nitrogens with zero attached hydrogens (tertiary/aromatic N) is 2. The van der Waals surface area contributed by atoms with Gasteiger partial charge in [-0.15, -0.1) is 0 Å². The molecule has 9 heteroatoms. The molecule has 2 aromatic carbocycles. The van der Waals surface area contributed by atoms with Gasteiger partial charge in [0, 0.05) is 32.0 Å². The summed E-state index contributed by atoms with van der Waals surface area (Å²) in [6.07, 6.45) is 5.17. The second-order valence-corrected chi connectivity index (χ2v) is 9.86. The first-order valence-corrected chi connectivity index (χ1v) is 13.0. The molecule has 2 aliphatic heterocycles. The van der Waals surface area contributed by atoms with Crippen molar-refractivity contribution in [1.82, 2.24) is 15.1 Å². The maximum absolute atomic E-state index is 13.8. The molecule has 200 valence electrons. The largest absolute Gasteiger partial charge is 0.480 e. The first-order chi connectivity index (χ1) is 18.3. The number of likely N-dealkylation sites (tertiary alicyclic amines) is 1. The topological polar surface area (TPSA) is 133 Å². The van der Waals surface area contributed by atoms with Crippen molar-refractivity contribution in [2.45, 2.75) is 56.3 Å². The van der Waals surface area contributed by atoms with E-state index in [2.05, 4.69) is 5.32 Å². The SMILES string of the molecule is N[C@H](CC(=O)N[C@@H](Cc1ccccc1)C(=O)N1CC=C[C@H]1C(=O)N1CCC[C@H]1C(=O)O)Cc1ccccc1. The zero-order chi connectivity index (χ0) is 27.1. The summed E-state index contributed by atoms with van der Waals surface area (Å²) in [4.78, 5) is 54.5. The number of carboxylic acids is 1. The molecule has 3 amide bonds. The molecule has 0 aliphatic carbocycles. The van der Waals surface area contributed by atoms with Gasteiger partial charge in [-0.05, 0) is 30.4 Å². The molecular weight excluding hydrogens is 484 g/mol. The van der Waals surface area contributed by atoms with Crippen LogP contribution in [0.1, 0.15) is 30.4 Å². The average molecular weight is 519 g/mol. The fourth-order valence-electron chi connectivity index (χ4n) is 5.15. The molecule has 38 heavy (non-hydrogen) atoms. The van der Waals surface area contributed by atoms with Gasteiger partial charge in [0.2, 0.25) is 17.7 Å². The number of nitrogens with two attached hydrogens (primary N) is 1. The smallest absolute Gasteiger partial charge is 0.326 e. The minimum Gasteiger partial charge on any atom is -0.480 e. The van der Waals surface area contributed by atoms with Crippen LogP contribution in [0, 0.1) is 0 Å². The van der Waals surface area contributed by atoms with Crippen LogP contribution in [0.15, 0.2) is 72.8 Å². The van der Waals surface area contributed by atoms with E-state index < -0.39 is 42.0 Å². The van der Waals surface area contributed by atoms with E-state index in [1.807, 2.05) is 60.7 Å². The van der Waals surface area contributed by atoms with E-state index >= 15 is 0 Å². The molecule has 0 saturated carbocycles. The Balaban J connectivity index is 1.46. The molecule has 2 heterocycles. The Morgan fingerprint density at radius 1 is 0.947 bits per heavy atom. The van der Waals surface area contributed by atoms with Gasteiger partial charge in [0.15, 0.2) is 0 Å². The van der Waals surface area contributed by atoms with E-state index in [1.54, 1.807) is 12.2 Å². The van der Waals surface area contributed by atoms with Crippen molar-refractivity contribution in [2.24, 2.45) is 5.73 Å². The van der Waals surface area contributed by atoms with Gasteiger partial charge in [-0.25, -0.2) is 4.79 Å². The normalized spacial score (nSPS) is 20.2. The van der Waals surface area contributed by atoms with Crippen LogP contribution in [-0.4, -0.2) is 75.9 Å². The number of rotatable bonds is 10. The Morgan fingerprint density at radius 3 is 2.21 bits per heavy atom. The highest BCUT2D eigenvalue weighted by atomic mass is 16.4. The minimum absolute atomic E-state index is 0.0438. The molecule has 0 aromatic heterocycles. The van der Waals surface area contributed by atoms with Gasteiger partial charge in [0.1, 0.15) is 18.1 Å². The number of benzene rings is 2. The van der Waals surface area contributed by atoms with Gasteiger partial charge in [-0.3, -0.25) is 14.4 Å². The molecule has 0 bridgehead atoms. The lowest BCUT2D eigenvalue weighted by Gasteiger charge is -2.32. The molecule has 0 unspecified atom stereocenters. The van der Waals surface area contributed by atoms with Crippen molar-refractivity contribution < 1.29 is 24.3 Å². The summed E-state index contributed by atoms with van der Waals surface area (Å²) in [5, 5.41) is 12.4. The van der Waals surface area contributed by atoms with Gasteiger partial charge in [-0.1, -0.05) is 72.8 Å². The Kier molecular flexibility index (Phi) is 8.91. The molecule has 0 spiro atoms. The van der Waals surface area contributed by atoms with Gasteiger partial charge in [0.25, 0.3) is 0 Å². The number of carboxylic acid groups (broad SMARTS) is 1. The molecule has 1 saturated heterocycles. The van der Waals surface area contributed by atoms with Crippen molar-refractivity contribution in [1.29, 1.82) is 0 Å². The lowest BCUT2D eigenvalue weighted by atomic mass is 10.0. The Morgan fingerprint density at radius 2 is 1.58 bits per heavy atom. The van der Waals surface area contributed by atoms with Crippen molar-refractivity contribution in [3.63, 3.8) is 0 Å². The number of hydrogen-bond acceptors (Lipinski definition) is 5. The highest BCUT2D eigenvalue weighted by Gasteiger charge is 2.41. The first kappa shape index (κ1) is 27.1. The molecule has 1 fully saturated rings. The van der Waals surface area contributed by atoms with E-state index in [0.717, 1.165) is 11.1 Å². The predicted octanol–water partition coefficient (Wildman–Crippen LogP) is 1.52. The van der Waals surface area contributed by atoms with Crippen LogP contribution in [0.25, 0.3) is 0 Å². The zero-order valence-electron chi connectivity index (χ0n) is 21.2. The number of carbonyl (C=O) groups excluding carboxylic acids is 3. The maximum Gasteiger partial charge on any atom is 0.326 e. The second-order valence-electron chi connectivity index (χ2n) is 9.86. The second kappa shape index (κ2) is 12.5. The lowest BCUT2D eigenvalue weighted by Crippen LogP contribution is -2.56. The van der Waals surface area contributed by atoms with Crippen LogP contribution in [0.4, 0.5) is 0 Å². The molecule has 0 radical (unpaired) electrons. The Labute approximate surface area is 222 Å². The summed E-state index contributed by atoms with van der Waals surface area (Å²) < 4.78 is 0. The molecule has 2 aliphatic rings. The van der Waals surface area contributed by atoms with Gasteiger partial charge < -0.3 is 26.0 Å². The monoisotopic (exact) mass is 518 g/mol. The molecule has 4 rings (SSSR count). The lowest BCUT2D eigenvalue weighted by molar-refractivity contribution is -0.151. The Bertz CT molecular complexity index is 1170. The molecule has 9 nitrogen and oxygen atoms in total. The van der Waals surface area contributed by atoms with Crippen LogP contribution in [0.2, 0.25) is 0 Å². The van der Waals surface area contributed by atoms with Crippen LogP contribution >= 0.6 is 0 Å². The quantitative estimate of drug-likeness (QED) is 0.409. The summed E-state index contributed by atoms with van der Waals surface area (Å²) in [6.45, 7) is 0.543. The zero-order valence-corrected chi connectivity index (χ0v) is 21.2. The molecule has 4 atom stereocenters. The van der Waals surface area contributed by atoms with E-state index in [1.165, 1.54) is 9.80 Å². The first-order valence-electron chi connectivity index (χ1n) is 13.0. The van der Waals surface area contributed by atoms with Crippen molar-refractivity contribution in [3.8, 4) is 0 Å². The molecular formula is C29H34N4O5. The van der Waals surface area contributed by atoms with Crippen LogP contribution in [0.3, 0.4) is 0 Å². The van der Waals surface area contributed by atoms with Crippen molar-refractivity contribution in [3.05, 3.63) is 83.9 Å². The number of amides is 3. The van der Waals surface area contributed by atoms with E-state index in [-0.39, 0.29) is 25.3 Å². The van der Waals surface area contributed by atoms with Gasteiger partial charge >= 0.3 is 5.97 Å². The maximum atomic E-state index is 13.8. The third-order valence-electron chi connectivity index (χ3n) is 7.02. The van der Waals surface area contributed by atoms with Crippen molar-refractivity contribution >= 4 is 23.7 Å². The summed E-state index contributed by atoms with van der Waals surface area (Å²) >= 11 is 0. The van der Waals surface area contributed by atoms with Crippen LogP contribution < -0.4 is 11.1 Å². The summed E-state index contributed by atoms with van der Waals surface area (Å²) in [5.41, 5.74) is 8.12. The van der Waals surface area contributed by atoms with Crippen LogP contribution in [-0.2, 0) is 32.0 Å². The van der Waals surface area contributed by atoms with E-state index in [4.69, 9.17) is 5.73 Å². The third-order valence-corrected chi connectivity index (χ3v) is 7.02. The summed E-state index contributed by atoms with van der Waals surface area (Å²) in [7, 11) is 0. The van der Waals surface area contributed by atoms with Crippen molar-refractivity contribution in [2.75, 3.05) is 13.1 Å². The van der Waals surface area contributed by atoms with Gasteiger partial charge in [-0.2, -0.15) is 0 Å². The number of carbonyl (C=O) groups is 4. The Hall–Kier alpha value is -3.98. The number of nitrogens with one attached hydrogen (secondary N) is 1. The molecule has 4 N–H and O–H groups in total. The predicted molar refractivity (Wildman–Crippen MR) is 142 cm³/mol. The molecule has 2 aromatic rings. The highest BCUT2D eigenvalue weighted by molar-refractivity contribution is 5.95. The van der Waals surface area contributed by atoms with Crippen LogP contribution in [0.5, 0.6) is 0 Å².